The van der Waals surface area contributed by atoms with Gasteiger partial charge in [0.15, 0.2) is 5.13 Å². The molecule has 1 aliphatic rings. The Hall–Kier alpha value is -2.97. The molecule has 3 aromatic rings. The highest BCUT2D eigenvalue weighted by Gasteiger charge is 2.22. The van der Waals surface area contributed by atoms with Crippen LogP contribution in [0, 0.1) is 17.0 Å². The highest BCUT2D eigenvalue weighted by molar-refractivity contribution is 7.22. The van der Waals surface area contributed by atoms with Crippen molar-refractivity contribution < 1.29 is 9.72 Å². The van der Waals surface area contributed by atoms with Gasteiger partial charge < -0.3 is 9.80 Å². The van der Waals surface area contributed by atoms with E-state index in [1.165, 1.54) is 18.2 Å². The van der Waals surface area contributed by atoms with Crippen LogP contribution in [0.1, 0.15) is 11.1 Å². The number of hydrogen-bond acceptors (Lipinski definition) is 6. The van der Waals surface area contributed by atoms with E-state index in [2.05, 4.69) is 4.90 Å². The van der Waals surface area contributed by atoms with Crippen LogP contribution < -0.4 is 4.90 Å². The number of non-ortho nitro benzene ring substituents is 1. The molecule has 7 nitrogen and oxygen atoms in total. The molecule has 0 bridgehead atoms. The lowest BCUT2D eigenvalue weighted by Gasteiger charge is -2.34. The van der Waals surface area contributed by atoms with Crippen LogP contribution in [0.25, 0.3) is 16.3 Å². The maximum Gasteiger partial charge on any atom is 0.270 e. The average molecular weight is 443 g/mol. The van der Waals surface area contributed by atoms with E-state index < -0.39 is 4.92 Å². The third kappa shape index (κ3) is 4.15. The first-order valence-electron chi connectivity index (χ1n) is 9.44. The van der Waals surface area contributed by atoms with Crippen LogP contribution in [0.15, 0.2) is 42.5 Å². The number of piperazine rings is 1. The fourth-order valence-corrected chi connectivity index (χ4v) is 4.59. The van der Waals surface area contributed by atoms with Gasteiger partial charge in [-0.25, -0.2) is 4.98 Å². The minimum Gasteiger partial charge on any atom is -0.345 e. The number of aromatic nitrogens is 1. The van der Waals surface area contributed by atoms with Gasteiger partial charge in [0.2, 0.25) is 5.91 Å². The Labute approximate surface area is 182 Å². The SMILES string of the molecule is Cc1c(Cl)ccc2sc(N3CCN(C(=O)C=Cc4cccc([N+](=O)[O-])c4)CC3)nc12. The van der Waals surface area contributed by atoms with Gasteiger partial charge in [-0.1, -0.05) is 35.1 Å². The van der Waals surface area contributed by atoms with E-state index >= 15 is 0 Å². The van der Waals surface area contributed by atoms with Crippen molar-refractivity contribution in [3.63, 3.8) is 0 Å². The summed E-state index contributed by atoms with van der Waals surface area (Å²) in [6.45, 7) is 4.55. The Morgan fingerprint density at radius 1 is 1.23 bits per heavy atom. The van der Waals surface area contributed by atoms with Crippen molar-refractivity contribution in [3.05, 3.63) is 68.7 Å². The van der Waals surface area contributed by atoms with Gasteiger partial charge in [0.05, 0.1) is 15.1 Å². The molecule has 154 valence electrons. The van der Waals surface area contributed by atoms with Gasteiger partial charge in [-0.2, -0.15) is 0 Å². The molecule has 0 saturated carbocycles. The molecule has 1 amide bonds. The van der Waals surface area contributed by atoms with Crippen molar-refractivity contribution in [1.82, 2.24) is 9.88 Å². The predicted molar refractivity (Wildman–Crippen MR) is 120 cm³/mol. The number of nitro benzene ring substituents is 1. The van der Waals surface area contributed by atoms with Crippen LogP contribution in [0.2, 0.25) is 5.02 Å². The minimum absolute atomic E-state index is 0.00516. The van der Waals surface area contributed by atoms with Gasteiger partial charge in [-0.3, -0.25) is 14.9 Å². The molecule has 4 rings (SSSR count). The Morgan fingerprint density at radius 3 is 2.73 bits per heavy atom. The molecular formula is C21H19ClN4O3S. The van der Waals surface area contributed by atoms with E-state index in [4.69, 9.17) is 16.6 Å². The largest absolute Gasteiger partial charge is 0.345 e. The molecule has 1 aromatic heterocycles. The number of rotatable bonds is 4. The number of thiazole rings is 1. The van der Waals surface area contributed by atoms with Crippen molar-refractivity contribution in [2.45, 2.75) is 6.92 Å². The summed E-state index contributed by atoms with van der Waals surface area (Å²) >= 11 is 7.83. The Bertz CT molecular complexity index is 1150. The summed E-state index contributed by atoms with van der Waals surface area (Å²) in [6.07, 6.45) is 3.08. The minimum atomic E-state index is -0.449. The monoisotopic (exact) mass is 442 g/mol. The van der Waals surface area contributed by atoms with Gasteiger partial charge in [0, 0.05) is 49.4 Å². The number of aryl methyl sites for hydroxylation is 1. The standard InChI is InChI=1S/C21H19ClN4O3S/c1-14-17(22)6-7-18-20(14)23-21(30-18)25-11-9-24(10-12-25)19(27)8-5-15-3-2-4-16(13-15)26(28)29/h2-8,13H,9-12H2,1H3. The molecule has 30 heavy (non-hydrogen) atoms. The first-order chi connectivity index (χ1) is 14.4. The maximum absolute atomic E-state index is 12.5. The zero-order valence-electron chi connectivity index (χ0n) is 16.2. The van der Waals surface area contributed by atoms with Crippen LogP contribution >= 0.6 is 22.9 Å². The van der Waals surface area contributed by atoms with Crippen molar-refractivity contribution >= 4 is 56.0 Å². The number of benzene rings is 2. The topological polar surface area (TPSA) is 79.6 Å². The summed E-state index contributed by atoms with van der Waals surface area (Å²) < 4.78 is 1.10. The molecule has 2 heterocycles. The van der Waals surface area contributed by atoms with Crippen LogP contribution in [0.3, 0.4) is 0 Å². The Kier molecular flexibility index (Phi) is 5.69. The molecule has 2 aromatic carbocycles. The number of anilines is 1. The molecule has 1 aliphatic heterocycles. The summed E-state index contributed by atoms with van der Waals surface area (Å²) in [7, 11) is 0. The molecule has 0 unspecified atom stereocenters. The molecule has 0 N–H and O–H groups in total. The fraction of sp³-hybridized carbons (Fsp3) is 0.238. The van der Waals surface area contributed by atoms with E-state index in [1.54, 1.807) is 34.4 Å². The number of carbonyl (C=O) groups is 1. The summed E-state index contributed by atoms with van der Waals surface area (Å²) in [5, 5.41) is 12.5. The molecule has 1 fully saturated rings. The quantitative estimate of drug-likeness (QED) is 0.337. The normalized spacial score (nSPS) is 14.6. The maximum atomic E-state index is 12.5. The highest BCUT2D eigenvalue weighted by atomic mass is 35.5. The number of nitro groups is 1. The van der Waals surface area contributed by atoms with E-state index in [0.29, 0.717) is 36.8 Å². The number of halogens is 1. The molecule has 0 radical (unpaired) electrons. The smallest absolute Gasteiger partial charge is 0.270 e. The molecule has 0 spiro atoms. The first kappa shape index (κ1) is 20.3. The zero-order chi connectivity index (χ0) is 21.3. The Balaban J connectivity index is 1.39. The number of hydrogen-bond donors (Lipinski definition) is 0. The van der Waals surface area contributed by atoms with Crippen LogP contribution in [-0.2, 0) is 4.79 Å². The average Bonchev–Trinajstić information content (AvgIpc) is 3.20. The van der Waals surface area contributed by atoms with Crippen molar-refractivity contribution in [2.75, 3.05) is 31.1 Å². The zero-order valence-corrected chi connectivity index (χ0v) is 17.8. The van der Waals surface area contributed by atoms with Gasteiger partial charge >= 0.3 is 0 Å². The summed E-state index contributed by atoms with van der Waals surface area (Å²) in [6, 6.07) is 10.1. The molecule has 9 heteroatoms. The lowest BCUT2D eigenvalue weighted by molar-refractivity contribution is -0.384. The van der Waals surface area contributed by atoms with Crippen LogP contribution in [0.4, 0.5) is 10.8 Å². The van der Waals surface area contributed by atoms with Gasteiger partial charge in [-0.15, -0.1) is 0 Å². The molecule has 0 atom stereocenters. The van der Waals surface area contributed by atoms with E-state index in [0.717, 1.165) is 20.9 Å². The van der Waals surface area contributed by atoms with Gasteiger partial charge in [-0.05, 0) is 36.3 Å². The van der Waals surface area contributed by atoms with E-state index in [1.807, 2.05) is 19.1 Å². The summed E-state index contributed by atoms with van der Waals surface area (Å²) in [5.74, 6) is -0.104. The second-order valence-corrected chi connectivity index (χ2v) is 8.43. The van der Waals surface area contributed by atoms with Crippen LogP contribution in [0.5, 0.6) is 0 Å². The van der Waals surface area contributed by atoms with Crippen molar-refractivity contribution in [3.8, 4) is 0 Å². The van der Waals surface area contributed by atoms with Gasteiger partial charge in [0.25, 0.3) is 5.69 Å². The predicted octanol–water partition coefficient (Wildman–Crippen LogP) is 4.53. The molecule has 0 aliphatic carbocycles. The third-order valence-electron chi connectivity index (χ3n) is 5.10. The van der Waals surface area contributed by atoms with Crippen molar-refractivity contribution in [1.29, 1.82) is 0 Å². The number of nitrogens with zero attached hydrogens (tertiary/aromatic N) is 4. The van der Waals surface area contributed by atoms with E-state index in [-0.39, 0.29) is 11.6 Å². The van der Waals surface area contributed by atoms with Crippen molar-refractivity contribution in [2.24, 2.45) is 0 Å². The first-order valence-corrected chi connectivity index (χ1v) is 10.6. The summed E-state index contributed by atoms with van der Waals surface area (Å²) in [4.78, 5) is 31.7. The lowest BCUT2D eigenvalue weighted by Crippen LogP contribution is -2.48. The Morgan fingerprint density at radius 2 is 2.00 bits per heavy atom. The van der Waals surface area contributed by atoms with Crippen LogP contribution in [-0.4, -0.2) is 46.9 Å². The second-order valence-electron chi connectivity index (χ2n) is 7.01. The van der Waals surface area contributed by atoms with Gasteiger partial charge in [0.1, 0.15) is 0 Å². The summed E-state index contributed by atoms with van der Waals surface area (Å²) in [5.41, 5.74) is 2.54. The van der Waals surface area contributed by atoms with E-state index in [9.17, 15) is 14.9 Å². The number of amides is 1. The number of fused-ring (bicyclic) bond motifs is 1. The molecular weight excluding hydrogens is 424 g/mol. The highest BCUT2D eigenvalue weighted by Crippen LogP contribution is 2.33. The fourth-order valence-electron chi connectivity index (χ4n) is 3.36. The lowest BCUT2D eigenvalue weighted by atomic mass is 10.2. The molecule has 1 saturated heterocycles. The second kappa shape index (κ2) is 8.41. The third-order valence-corrected chi connectivity index (χ3v) is 6.59. The number of carbonyl (C=O) groups excluding carboxylic acids is 1.